The maximum Gasteiger partial charge on any atom is 0.267 e. The van der Waals surface area contributed by atoms with Gasteiger partial charge >= 0.3 is 0 Å². The summed E-state index contributed by atoms with van der Waals surface area (Å²) in [5.74, 6) is 0.334. The molecule has 0 radical (unpaired) electrons. The van der Waals surface area contributed by atoms with Crippen LogP contribution in [-0.2, 0) is 15.3 Å². The fourth-order valence-corrected chi connectivity index (χ4v) is 4.49. The van der Waals surface area contributed by atoms with Crippen LogP contribution in [0.2, 0.25) is 0 Å². The van der Waals surface area contributed by atoms with Crippen molar-refractivity contribution in [1.29, 1.82) is 0 Å². The highest BCUT2D eigenvalue weighted by Crippen LogP contribution is 2.41. The normalized spacial score (nSPS) is 27.8. The first-order chi connectivity index (χ1) is 10.4. The summed E-state index contributed by atoms with van der Waals surface area (Å²) in [5, 5.41) is 14.3. The van der Waals surface area contributed by atoms with Crippen molar-refractivity contribution >= 4 is 17.7 Å². The minimum atomic E-state index is -3.45. The van der Waals surface area contributed by atoms with Gasteiger partial charge in [0.25, 0.3) is 5.16 Å². The zero-order valence-electron chi connectivity index (χ0n) is 12.2. The average Bonchev–Trinajstić information content (AvgIpc) is 3.19. The lowest BCUT2D eigenvalue weighted by Crippen LogP contribution is -2.24. The van der Waals surface area contributed by atoms with E-state index in [1.54, 1.807) is 12.5 Å². The lowest BCUT2D eigenvalue weighted by atomic mass is 9.78. The summed E-state index contributed by atoms with van der Waals surface area (Å²) >= 11 is 0. The molecule has 0 bridgehead atoms. The molecule has 114 valence electrons. The Labute approximate surface area is 129 Å². The predicted molar refractivity (Wildman–Crippen MR) is 81.9 cm³/mol. The van der Waals surface area contributed by atoms with Crippen molar-refractivity contribution in [3.63, 3.8) is 0 Å². The number of rotatable bonds is 3. The van der Waals surface area contributed by atoms with Gasteiger partial charge in [0.1, 0.15) is 0 Å². The zero-order chi connectivity index (χ0) is 15.5. The number of hydrogen-bond acceptors (Lipinski definition) is 5. The summed E-state index contributed by atoms with van der Waals surface area (Å²) in [5.41, 5.74) is -0.188. The van der Waals surface area contributed by atoms with E-state index in [0.717, 1.165) is 5.56 Å². The third-order valence-corrected chi connectivity index (χ3v) is 6.41. The van der Waals surface area contributed by atoms with Crippen LogP contribution in [0.3, 0.4) is 0 Å². The van der Waals surface area contributed by atoms with Gasteiger partial charge in [0.2, 0.25) is 9.84 Å². The highest BCUT2D eigenvalue weighted by molar-refractivity contribution is 7.92. The van der Waals surface area contributed by atoms with Crippen molar-refractivity contribution in [1.82, 2.24) is 14.8 Å². The summed E-state index contributed by atoms with van der Waals surface area (Å²) in [4.78, 5) is 4.17. The summed E-state index contributed by atoms with van der Waals surface area (Å²) in [7, 11) is -1.80. The van der Waals surface area contributed by atoms with Crippen molar-refractivity contribution in [3.8, 4) is 0 Å². The highest BCUT2D eigenvalue weighted by atomic mass is 32.2. The first-order valence-corrected chi connectivity index (χ1v) is 8.92. The van der Waals surface area contributed by atoms with Gasteiger partial charge in [-0.15, -0.1) is 5.10 Å². The van der Waals surface area contributed by atoms with Gasteiger partial charge in [0.05, 0.1) is 16.8 Å². The van der Waals surface area contributed by atoms with E-state index in [4.69, 9.17) is 0 Å². The molecule has 6 nitrogen and oxygen atoms in total. The lowest BCUT2D eigenvalue weighted by Gasteiger charge is -2.15. The van der Waals surface area contributed by atoms with Crippen LogP contribution in [0.25, 0.3) is 0 Å². The third-order valence-electron chi connectivity index (χ3n) is 4.38. The van der Waals surface area contributed by atoms with Crippen LogP contribution in [0, 0.1) is 0 Å². The molecule has 1 aliphatic carbocycles. The largest absolute Gasteiger partial charge is 0.391 e. The van der Waals surface area contributed by atoms with E-state index >= 15 is 0 Å². The lowest BCUT2D eigenvalue weighted by molar-refractivity contribution is 0.122. The molecular weight excluding hydrogens is 301 g/mol. The van der Waals surface area contributed by atoms with Crippen molar-refractivity contribution in [2.45, 2.75) is 41.2 Å². The molecular formula is C14H16BN3O3S. The Balaban J connectivity index is 1.82. The SMILES string of the molecule is B[C@]1(O)C[C@@H](c2ccccc2)n2nc(S(=O)(=O)C3CC3)nc21. The van der Waals surface area contributed by atoms with Gasteiger partial charge in [-0.05, 0) is 18.4 Å². The molecule has 8 heteroatoms. The number of nitrogens with zero attached hydrogens (tertiary/aromatic N) is 3. The standard InChI is InChI=1S/C14H16BN3O3S/c15-14(19)8-11(9-4-2-1-3-5-9)18-12(14)16-13(17-18)22(20,21)10-6-7-10/h1-5,10-11,19H,6-8,15H2/t11-,14-/m0/s1. The molecule has 1 fully saturated rings. The molecule has 22 heavy (non-hydrogen) atoms. The van der Waals surface area contributed by atoms with E-state index in [9.17, 15) is 13.5 Å². The predicted octanol–water partition coefficient (Wildman–Crippen LogP) is -0.0145. The fourth-order valence-electron chi connectivity index (χ4n) is 3.02. The van der Waals surface area contributed by atoms with Gasteiger partial charge in [-0.25, -0.2) is 13.1 Å². The van der Waals surface area contributed by atoms with E-state index in [1.807, 2.05) is 30.3 Å². The summed E-state index contributed by atoms with van der Waals surface area (Å²) in [6.07, 6.45) is 1.78. The molecule has 1 aromatic carbocycles. The van der Waals surface area contributed by atoms with Crippen molar-refractivity contribution in [2.24, 2.45) is 0 Å². The van der Waals surface area contributed by atoms with Crippen LogP contribution >= 0.6 is 0 Å². The second-order valence-electron chi connectivity index (χ2n) is 6.31. The summed E-state index contributed by atoms with van der Waals surface area (Å²) in [6.45, 7) is 0. The Morgan fingerprint density at radius 2 is 1.95 bits per heavy atom. The molecule has 2 atom stereocenters. The van der Waals surface area contributed by atoms with Crippen LogP contribution < -0.4 is 0 Å². The zero-order valence-corrected chi connectivity index (χ0v) is 13.0. The molecule has 0 spiro atoms. The van der Waals surface area contributed by atoms with Crippen LogP contribution in [0.15, 0.2) is 35.5 Å². The Kier molecular flexibility index (Phi) is 2.81. The number of benzene rings is 1. The highest BCUT2D eigenvalue weighted by Gasteiger charge is 2.46. The van der Waals surface area contributed by atoms with Gasteiger partial charge in [0.15, 0.2) is 13.7 Å². The first kappa shape index (κ1) is 14.0. The van der Waals surface area contributed by atoms with Crippen molar-refractivity contribution < 1.29 is 13.5 Å². The molecule has 2 heterocycles. The summed E-state index contributed by atoms with van der Waals surface area (Å²) in [6, 6.07) is 9.46. The van der Waals surface area contributed by atoms with Crippen molar-refractivity contribution in [3.05, 3.63) is 41.7 Å². The Bertz CT molecular complexity index is 828. The van der Waals surface area contributed by atoms with E-state index in [0.29, 0.717) is 25.1 Å². The quantitative estimate of drug-likeness (QED) is 0.805. The molecule has 0 unspecified atom stereocenters. The summed E-state index contributed by atoms with van der Waals surface area (Å²) < 4.78 is 26.2. The maximum absolute atomic E-state index is 12.3. The minimum absolute atomic E-state index is 0.147. The smallest absolute Gasteiger partial charge is 0.267 e. The fraction of sp³-hybridized carbons (Fsp3) is 0.429. The molecule has 1 saturated carbocycles. The monoisotopic (exact) mass is 317 g/mol. The van der Waals surface area contributed by atoms with E-state index < -0.39 is 15.3 Å². The number of fused-ring (bicyclic) bond motifs is 1. The van der Waals surface area contributed by atoms with Gasteiger partial charge < -0.3 is 5.11 Å². The molecule has 2 aliphatic rings. The third kappa shape index (κ3) is 2.01. The van der Waals surface area contributed by atoms with Gasteiger partial charge in [-0.1, -0.05) is 30.3 Å². The second-order valence-corrected chi connectivity index (χ2v) is 8.43. The minimum Gasteiger partial charge on any atom is -0.391 e. The number of sulfone groups is 1. The van der Waals surface area contributed by atoms with Crippen LogP contribution in [0.4, 0.5) is 0 Å². The number of hydrogen-bond donors (Lipinski definition) is 1. The molecule has 1 aliphatic heterocycles. The van der Waals surface area contributed by atoms with Gasteiger partial charge in [-0.2, -0.15) is 4.98 Å². The Morgan fingerprint density at radius 1 is 1.27 bits per heavy atom. The van der Waals surface area contributed by atoms with Crippen LogP contribution in [-0.4, -0.2) is 41.4 Å². The number of aromatic nitrogens is 3. The van der Waals surface area contributed by atoms with Gasteiger partial charge in [-0.3, -0.25) is 0 Å². The maximum atomic E-state index is 12.3. The molecule has 1 N–H and O–H groups in total. The van der Waals surface area contributed by atoms with Crippen molar-refractivity contribution in [2.75, 3.05) is 0 Å². The van der Waals surface area contributed by atoms with E-state index in [1.165, 1.54) is 0 Å². The average molecular weight is 317 g/mol. The van der Waals surface area contributed by atoms with E-state index in [-0.39, 0.29) is 16.4 Å². The second kappa shape index (κ2) is 4.42. The Hall–Kier alpha value is -1.67. The molecule has 0 amide bonds. The topological polar surface area (TPSA) is 85.1 Å². The van der Waals surface area contributed by atoms with Crippen LogP contribution in [0.5, 0.6) is 0 Å². The molecule has 2 aromatic rings. The Morgan fingerprint density at radius 3 is 2.59 bits per heavy atom. The first-order valence-electron chi connectivity index (χ1n) is 7.38. The molecule has 1 aromatic heterocycles. The molecule has 0 saturated heterocycles. The number of aliphatic hydroxyl groups is 1. The molecule has 4 rings (SSSR count). The van der Waals surface area contributed by atoms with Gasteiger partial charge in [0, 0.05) is 6.42 Å². The van der Waals surface area contributed by atoms with E-state index in [2.05, 4.69) is 10.1 Å². The van der Waals surface area contributed by atoms with Crippen LogP contribution in [0.1, 0.15) is 36.7 Å².